The van der Waals surface area contributed by atoms with E-state index in [-0.39, 0.29) is 15.2 Å². The zero-order chi connectivity index (χ0) is 16.2. The third-order valence-electron chi connectivity index (χ3n) is 5.94. The van der Waals surface area contributed by atoms with Gasteiger partial charge in [-0.05, 0) is 69.9 Å². The lowest BCUT2D eigenvalue weighted by Gasteiger charge is -2.59. The molecule has 2 atom stereocenters. The Bertz CT molecular complexity index is 446. The van der Waals surface area contributed by atoms with E-state index in [1.54, 1.807) is 0 Å². The van der Waals surface area contributed by atoms with Gasteiger partial charge >= 0.3 is 0 Å². The average Bonchev–Trinajstić information content (AvgIpc) is 2.31. The number of rotatable bonds is 5. The maximum Gasteiger partial charge on any atom is 0.226 e. The van der Waals surface area contributed by atoms with Gasteiger partial charge in [-0.2, -0.15) is 0 Å². The summed E-state index contributed by atoms with van der Waals surface area (Å²) in [6.07, 6.45) is 7.21. The minimum Gasteiger partial charge on any atom is -0.355 e. The van der Waals surface area contributed by atoms with E-state index in [9.17, 15) is 4.79 Å². The Balaban J connectivity index is 1.65. The third kappa shape index (κ3) is 3.24. The van der Waals surface area contributed by atoms with Crippen molar-refractivity contribution in [1.29, 1.82) is 0 Å². The van der Waals surface area contributed by atoms with Crippen molar-refractivity contribution in [3.8, 4) is 0 Å². The zero-order valence-electron chi connectivity index (χ0n) is 14.5. The number of nitrogens with zero attached hydrogens (tertiary/aromatic N) is 1. The third-order valence-corrected chi connectivity index (χ3v) is 6.87. The van der Waals surface area contributed by atoms with Crippen molar-refractivity contribution in [2.75, 3.05) is 27.2 Å². The highest BCUT2D eigenvalue weighted by molar-refractivity contribution is 9.10. The molecule has 4 bridgehead atoms. The number of hydrogen-bond acceptors (Lipinski definition) is 2. The van der Waals surface area contributed by atoms with Gasteiger partial charge in [0, 0.05) is 17.4 Å². The Kier molecular flexibility index (Phi) is 4.17. The predicted molar refractivity (Wildman–Crippen MR) is 94.1 cm³/mol. The van der Waals surface area contributed by atoms with E-state index in [0.29, 0.717) is 5.91 Å². The maximum atomic E-state index is 13.0. The molecule has 0 aromatic heterocycles. The van der Waals surface area contributed by atoms with Crippen LogP contribution in [0.15, 0.2) is 0 Å². The SMILES string of the molecule is CN(C)CC(C)(C)CNC(=O)C12CC3CC(CC(Br)(C3)C1)C2. The summed E-state index contributed by atoms with van der Waals surface area (Å²) in [4.78, 5) is 15.2. The standard InChI is InChI=1S/C18H31BrN2O/c1-16(2,12-21(3)4)11-20-15(22)17-6-13-5-14(7-17)9-18(19,8-13)10-17/h13-14H,5-12H2,1-4H3,(H,20,22). The molecule has 4 heteroatoms. The molecule has 0 aliphatic heterocycles. The van der Waals surface area contributed by atoms with Gasteiger partial charge in [-0.1, -0.05) is 29.8 Å². The molecule has 4 fully saturated rings. The fourth-order valence-electron chi connectivity index (χ4n) is 5.84. The average molecular weight is 371 g/mol. The first-order valence-electron chi connectivity index (χ1n) is 8.74. The van der Waals surface area contributed by atoms with Crippen LogP contribution in [0.2, 0.25) is 0 Å². The molecule has 3 nitrogen and oxygen atoms in total. The molecule has 0 heterocycles. The Hall–Kier alpha value is -0.0900. The van der Waals surface area contributed by atoms with Gasteiger partial charge in [0.1, 0.15) is 0 Å². The molecule has 4 saturated carbocycles. The fraction of sp³-hybridized carbons (Fsp3) is 0.944. The highest BCUT2D eigenvalue weighted by Gasteiger charge is 2.59. The van der Waals surface area contributed by atoms with E-state index < -0.39 is 0 Å². The van der Waals surface area contributed by atoms with Crippen LogP contribution in [-0.2, 0) is 4.79 Å². The smallest absolute Gasteiger partial charge is 0.226 e. The van der Waals surface area contributed by atoms with Crippen LogP contribution in [0, 0.1) is 22.7 Å². The van der Waals surface area contributed by atoms with E-state index >= 15 is 0 Å². The van der Waals surface area contributed by atoms with Gasteiger partial charge in [-0.15, -0.1) is 0 Å². The molecule has 1 amide bonds. The molecule has 0 aromatic rings. The van der Waals surface area contributed by atoms with Crippen LogP contribution in [0.3, 0.4) is 0 Å². The van der Waals surface area contributed by atoms with E-state index in [1.165, 1.54) is 19.3 Å². The lowest BCUT2D eigenvalue weighted by atomic mass is 9.49. The largest absolute Gasteiger partial charge is 0.355 e. The van der Waals surface area contributed by atoms with Crippen LogP contribution < -0.4 is 5.32 Å². The van der Waals surface area contributed by atoms with Crippen molar-refractivity contribution in [1.82, 2.24) is 10.2 Å². The lowest BCUT2D eigenvalue weighted by Crippen LogP contribution is -2.59. The van der Waals surface area contributed by atoms with E-state index in [4.69, 9.17) is 0 Å². The van der Waals surface area contributed by atoms with Gasteiger partial charge in [0.2, 0.25) is 5.91 Å². The first-order valence-corrected chi connectivity index (χ1v) is 9.53. The molecule has 126 valence electrons. The van der Waals surface area contributed by atoms with Crippen LogP contribution in [0.4, 0.5) is 0 Å². The minimum absolute atomic E-state index is 0.0816. The quantitative estimate of drug-likeness (QED) is 0.751. The molecule has 4 rings (SSSR count). The van der Waals surface area contributed by atoms with Crippen LogP contribution in [0.25, 0.3) is 0 Å². The first-order chi connectivity index (χ1) is 10.1. The molecular formula is C18H31BrN2O. The van der Waals surface area contributed by atoms with Gasteiger partial charge in [0.25, 0.3) is 0 Å². The normalized spacial score (nSPS) is 40.3. The summed E-state index contributed by atoms with van der Waals surface area (Å²) < 4.78 is 0.258. The molecule has 0 radical (unpaired) electrons. The second-order valence-electron chi connectivity index (χ2n) is 9.48. The molecular weight excluding hydrogens is 340 g/mol. The molecule has 4 aliphatic rings. The van der Waals surface area contributed by atoms with Crippen molar-refractivity contribution in [2.45, 2.75) is 56.7 Å². The first kappa shape index (κ1) is 16.8. The van der Waals surface area contributed by atoms with Crippen molar-refractivity contribution in [3.63, 3.8) is 0 Å². The van der Waals surface area contributed by atoms with Gasteiger partial charge in [0.05, 0.1) is 5.41 Å². The van der Waals surface area contributed by atoms with Crippen molar-refractivity contribution >= 4 is 21.8 Å². The highest BCUT2D eigenvalue weighted by Crippen LogP contribution is 2.64. The van der Waals surface area contributed by atoms with E-state index in [0.717, 1.165) is 44.2 Å². The molecule has 4 aliphatic carbocycles. The van der Waals surface area contributed by atoms with Crippen molar-refractivity contribution in [3.05, 3.63) is 0 Å². The highest BCUT2D eigenvalue weighted by atomic mass is 79.9. The van der Waals surface area contributed by atoms with Crippen molar-refractivity contribution in [2.24, 2.45) is 22.7 Å². The van der Waals surface area contributed by atoms with Crippen LogP contribution in [-0.4, -0.2) is 42.3 Å². The fourth-order valence-corrected chi connectivity index (χ4v) is 7.29. The molecule has 0 saturated heterocycles. The number of alkyl halides is 1. The Labute approximate surface area is 143 Å². The zero-order valence-corrected chi connectivity index (χ0v) is 16.1. The number of amides is 1. The number of carbonyl (C=O) groups excluding carboxylic acids is 1. The number of halogens is 1. The summed E-state index contributed by atoms with van der Waals surface area (Å²) in [6, 6.07) is 0. The summed E-state index contributed by atoms with van der Waals surface area (Å²) in [7, 11) is 4.19. The monoisotopic (exact) mass is 370 g/mol. The van der Waals surface area contributed by atoms with Crippen LogP contribution in [0.5, 0.6) is 0 Å². The van der Waals surface area contributed by atoms with E-state index in [1.807, 2.05) is 0 Å². The maximum absolute atomic E-state index is 13.0. The van der Waals surface area contributed by atoms with Crippen LogP contribution >= 0.6 is 15.9 Å². The molecule has 0 spiro atoms. The van der Waals surface area contributed by atoms with Gasteiger partial charge < -0.3 is 10.2 Å². The topological polar surface area (TPSA) is 32.3 Å². The Morgan fingerprint density at radius 3 is 2.32 bits per heavy atom. The predicted octanol–water partition coefficient (Wildman–Crippen LogP) is 3.42. The summed E-state index contributed by atoms with van der Waals surface area (Å²) in [5.74, 6) is 1.86. The summed E-state index contributed by atoms with van der Waals surface area (Å²) in [6.45, 7) is 6.24. The van der Waals surface area contributed by atoms with Crippen LogP contribution in [0.1, 0.15) is 52.4 Å². The second-order valence-corrected chi connectivity index (χ2v) is 11.2. The molecule has 2 unspecified atom stereocenters. The second kappa shape index (κ2) is 5.47. The summed E-state index contributed by atoms with van der Waals surface area (Å²) in [5, 5.41) is 3.32. The van der Waals surface area contributed by atoms with Gasteiger partial charge in [0.15, 0.2) is 0 Å². The lowest BCUT2D eigenvalue weighted by molar-refractivity contribution is -0.144. The number of nitrogens with one attached hydrogen (secondary N) is 1. The Morgan fingerprint density at radius 2 is 1.82 bits per heavy atom. The van der Waals surface area contributed by atoms with Gasteiger partial charge in [-0.25, -0.2) is 0 Å². The van der Waals surface area contributed by atoms with Gasteiger partial charge in [-0.3, -0.25) is 4.79 Å². The number of hydrogen-bond donors (Lipinski definition) is 1. The minimum atomic E-state index is -0.0816. The number of carbonyl (C=O) groups is 1. The van der Waals surface area contributed by atoms with Crippen molar-refractivity contribution < 1.29 is 4.79 Å². The Morgan fingerprint density at radius 1 is 1.23 bits per heavy atom. The van der Waals surface area contributed by atoms with E-state index in [2.05, 4.69) is 54.1 Å². The summed E-state index contributed by atoms with van der Waals surface area (Å²) in [5.41, 5.74) is 0.0370. The summed E-state index contributed by atoms with van der Waals surface area (Å²) >= 11 is 4.00. The molecule has 1 N–H and O–H groups in total. The molecule has 0 aromatic carbocycles. The molecule has 22 heavy (non-hydrogen) atoms.